The molecule has 0 unspecified atom stereocenters. The van der Waals surface area contributed by atoms with Crippen molar-refractivity contribution in [3.63, 3.8) is 0 Å². The van der Waals surface area contributed by atoms with E-state index in [0.717, 1.165) is 0 Å². The van der Waals surface area contributed by atoms with Crippen molar-refractivity contribution in [3.8, 4) is 0 Å². The van der Waals surface area contributed by atoms with Crippen LogP contribution in [0.25, 0.3) is 0 Å². The largest absolute Gasteiger partial charge is 0.374 e. The van der Waals surface area contributed by atoms with Gasteiger partial charge >= 0.3 is 0 Å². The fourth-order valence-corrected chi connectivity index (χ4v) is 2.44. The SMILES string of the molecule is C=C(CC1(O)C(=O)C(C)(C)C(C)(C)C1=O)C(C)(C)C. The average molecular weight is 266 g/mol. The Balaban J connectivity index is 3.25. The van der Waals surface area contributed by atoms with Crippen LogP contribution in [0.15, 0.2) is 12.2 Å². The van der Waals surface area contributed by atoms with Crippen LogP contribution in [0.1, 0.15) is 54.9 Å². The summed E-state index contributed by atoms with van der Waals surface area (Å²) in [6.45, 7) is 16.7. The number of Topliss-reactive ketones (excluding diaryl/α,β-unsaturated/α-hetero) is 2. The summed E-state index contributed by atoms with van der Waals surface area (Å²) in [5.41, 5.74) is -3.18. The molecular formula is C16H26O3. The second-order valence-corrected chi connectivity index (χ2v) is 7.80. The van der Waals surface area contributed by atoms with E-state index in [9.17, 15) is 14.7 Å². The van der Waals surface area contributed by atoms with Gasteiger partial charge in [-0.3, -0.25) is 9.59 Å². The zero-order chi connectivity index (χ0) is 15.4. The normalized spacial score (nSPS) is 24.6. The molecule has 0 aromatic carbocycles. The van der Waals surface area contributed by atoms with Gasteiger partial charge in [0, 0.05) is 17.3 Å². The topological polar surface area (TPSA) is 54.4 Å². The summed E-state index contributed by atoms with van der Waals surface area (Å²) in [7, 11) is 0. The van der Waals surface area contributed by atoms with Crippen LogP contribution < -0.4 is 0 Å². The molecule has 0 radical (unpaired) electrons. The third-order valence-electron chi connectivity index (χ3n) is 4.98. The minimum absolute atomic E-state index is 0.0149. The first-order valence-electron chi connectivity index (χ1n) is 6.69. The van der Waals surface area contributed by atoms with Crippen LogP contribution in [0.5, 0.6) is 0 Å². The molecule has 3 heteroatoms. The summed E-state index contributed by atoms with van der Waals surface area (Å²) in [5.74, 6) is -0.777. The predicted molar refractivity (Wildman–Crippen MR) is 75.7 cm³/mol. The molecule has 3 nitrogen and oxygen atoms in total. The number of ketones is 2. The Morgan fingerprint density at radius 3 is 1.63 bits per heavy atom. The van der Waals surface area contributed by atoms with Gasteiger partial charge in [-0.2, -0.15) is 0 Å². The van der Waals surface area contributed by atoms with Crippen LogP contribution in [0.2, 0.25) is 0 Å². The molecule has 1 fully saturated rings. The monoisotopic (exact) mass is 266 g/mol. The van der Waals surface area contributed by atoms with E-state index >= 15 is 0 Å². The fraction of sp³-hybridized carbons (Fsp3) is 0.750. The zero-order valence-electron chi connectivity index (χ0n) is 13.2. The Kier molecular flexibility index (Phi) is 3.40. The number of carbonyl (C=O) groups is 2. The van der Waals surface area contributed by atoms with E-state index in [4.69, 9.17) is 0 Å². The smallest absolute Gasteiger partial charge is 0.186 e. The van der Waals surface area contributed by atoms with E-state index in [-0.39, 0.29) is 23.4 Å². The molecule has 0 saturated heterocycles. The molecule has 0 heterocycles. The molecule has 1 rings (SSSR count). The summed E-state index contributed by atoms with van der Waals surface area (Å²) in [6.07, 6.45) is 0.0149. The minimum atomic E-state index is -1.92. The highest BCUT2D eigenvalue weighted by atomic mass is 16.3. The second kappa shape index (κ2) is 4.02. The lowest BCUT2D eigenvalue weighted by Crippen LogP contribution is -2.44. The summed E-state index contributed by atoms with van der Waals surface area (Å²) in [4.78, 5) is 25.1. The second-order valence-electron chi connectivity index (χ2n) is 7.80. The highest BCUT2D eigenvalue weighted by molar-refractivity contribution is 6.21. The molecule has 0 aliphatic heterocycles. The van der Waals surface area contributed by atoms with Crippen molar-refractivity contribution in [2.24, 2.45) is 16.2 Å². The van der Waals surface area contributed by atoms with Gasteiger partial charge in [0.05, 0.1) is 0 Å². The van der Waals surface area contributed by atoms with Gasteiger partial charge in [-0.1, -0.05) is 60.6 Å². The first-order valence-corrected chi connectivity index (χ1v) is 6.69. The molecule has 1 aliphatic carbocycles. The van der Waals surface area contributed by atoms with Crippen molar-refractivity contribution in [1.82, 2.24) is 0 Å². The van der Waals surface area contributed by atoms with Crippen molar-refractivity contribution in [2.75, 3.05) is 0 Å². The summed E-state index contributed by atoms with van der Waals surface area (Å²) < 4.78 is 0. The standard InChI is InChI=1S/C16H26O3/c1-10(13(2,3)4)9-16(19)11(17)14(5,6)15(7,8)12(16)18/h19H,1,9H2,2-8H3. The number of aliphatic hydroxyl groups is 1. The number of rotatable bonds is 2. The highest BCUT2D eigenvalue weighted by Crippen LogP contribution is 2.53. The van der Waals surface area contributed by atoms with E-state index in [1.165, 1.54) is 0 Å². The van der Waals surface area contributed by atoms with Gasteiger partial charge in [-0.15, -0.1) is 0 Å². The third-order valence-corrected chi connectivity index (χ3v) is 4.98. The third kappa shape index (κ3) is 2.08. The molecule has 0 amide bonds. The summed E-state index contributed by atoms with van der Waals surface area (Å²) in [5, 5.41) is 10.7. The maximum atomic E-state index is 12.5. The summed E-state index contributed by atoms with van der Waals surface area (Å²) >= 11 is 0. The van der Waals surface area contributed by atoms with Crippen LogP contribution >= 0.6 is 0 Å². The van der Waals surface area contributed by atoms with E-state index < -0.39 is 16.4 Å². The van der Waals surface area contributed by atoms with Gasteiger partial charge in [-0.25, -0.2) is 0 Å². The van der Waals surface area contributed by atoms with Crippen molar-refractivity contribution in [1.29, 1.82) is 0 Å². The van der Waals surface area contributed by atoms with Crippen LogP contribution in [-0.4, -0.2) is 22.3 Å². The Bertz CT molecular complexity index is 421. The molecule has 108 valence electrons. The molecule has 1 N–H and O–H groups in total. The summed E-state index contributed by atoms with van der Waals surface area (Å²) in [6, 6.07) is 0. The van der Waals surface area contributed by atoms with Gasteiger partial charge in [0.15, 0.2) is 17.2 Å². The fourth-order valence-electron chi connectivity index (χ4n) is 2.44. The van der Waals surface area contributed by atoms with Crippen molar-refractivity contribution in [2.45, 2.75) is 60.5 Å². The maximum Gasteiger partial charge on any atom is 0.186 e. The Hall–Kier alpha value is -0.960. The van der Waals surface area contributed by atoms with E-state index in [2.05, 4.69) is 6.58 Å². The molecular weight excluding hydrogens is 240 g/mol. The van der Waals surface area contributed by atoms with Crippen LogP contribution in [0.4, 0.5) is 0 Å². The molecule has 1 saturated carbocycles. The average Bonchev–Trinajstić information content (AvgIpc) is 2.31. The highest BCUT2D eigenvalue weighted by Gasteiger charge is 2.67. The van der Waals surface area contributed by atoms with E-state index in [0.29, 0.717) is 5.57 Å². The lowest BCUT2D eigenvalue weighted by molar-refractivity contribution is -0.147. The van der Waals surface area contributed by atoms with Crippen LogP contribution in [0, 0.1) is 16.2 Å². The number of hydrogen-bond donors (Lipinski definition) is 1. The van der Waals surface area contributed by atoms with Crippen LogP contribution in [0.3, 0.4) is 0 Å². The Morgan fingerprint density at radius 1 is 1.05 bits per heavy atom. The minimum Gasteiger partial charge on any atom is -0.374 e. The number of hydrogen-bond acceptors (Lipinski definition) is 3. The predicted octanol–water partition coefficient (Wildman–Crippen LogP) is 2.91. The van der Waals surface area contributed by atoms with E-state index in [1.54, 1.807) is 27.7 Å². The molecule has 19 heavy (non-hydrogen) atoms. The van der Waals surface area contributed by atoms with Crippen molar-refractivity contribution in [3.05, 3.63) is 12.2 Å². The van der Waals surface area contributed by atoms with Crippen LogP contribution in [-0.2, 0) is 9.59 Å². The molecule has 0 aromatic rings. The van der Waals surface area contributed by atoms with Gasteiger partial charge in [0.1, 0.15) is 0 Å². The van der Waals surface area contributed by atoms with Gasteiger partial charge in [0.25, 0.3) is 0 Å². The molecule has 1 aliphatic rings. The lowest BCUT2D eigenvalue weighted by atomic mass is 9.70. The Morgan fingerprint density at radius 2 is 1.37 bits per heavy atom. The zero-order valence-corrected chi connectivity index (χ0v) is 13.2. The first-order chi connectivity index (χ1) is 8.19. The van der Waals surface area contributed by atoms with Gasteiger partial charge < -0.3 is 5.11 Å². The number of carbonyl (C=O) groups excluding carboxylic acids is 2. The van der Waals surface area contributed by atoms with Crippen molar-refractivity contribution < 1.29 is 14.7 Å². The van der Waals surface area contributed by atoms with Gasteiger partial charge in [0.2, 0.25) is 0 Å². The van der Waals surface area contributed by atoms with Crippen molar-refractivity contribution >= 4 is 11.6 Å². The van der Waals surface area contributed by atoms with E-state index in [1.807, 2.05) is 20.8 Å². The van der Waals surface area contributed by atoms with Gasteiger partial charge in [-0.05, 0) is 5.41 Å². The molecule has 0 atom stereocenters. The Labute approximate surface area is 116 Å². The lowest BCUT2D eigenvalue weighted by Gasteiger charge is -2.30. The maximum absolute atomic E-state index is 12.5. The quantitative estimate of drug-likeness (QED) is 0.617. The molecule has 0 aromatic heterocycles. The molecule has 0 bridgehead atoms. The molecule has 0 spiro atoms. The first kappa shape index (κ1) is 16.1.